The van der Waals surface area contributed by atoms with E-state index < -0.39 is 4.92 Å². The molecule has 0 amide bonds. The van der Waals surface area contributed by atoms with Gasteiger partial charge in [-0.15, -0.1) is 0 Å². The molecule has 1 fully saturated rings. The summed E-state index contributed by atoms with van der Waals surface area (Å²) in [4.78, 5) is 13.2. The largest absolute Gasteiger partial charge is 0.379 e. The van der Waals surface area contributed by atoms with Gasteiger partial charge in [0.15, 0.2) is 0 Å². The highest BCUT2D eigenvalue weighted by Gasteiger charge is 2.23. The second kappa shape index (κ2) is 7.62. The minimum Gasteiger partial charge on any atom is -0.379 e. The number of anilines is 2. The normalized spacial score (nSPS) is 15.3. The Labute approximate surface area is 146 Å². The Hall–Kier alpha value is -2.45. The molecule has 3 rings (SSSR count). The average molecular weight is 345 g/mol. The molecule has 0 spiro atoms. The number of hydrogen-bond acceptors (Lipinski definition) is 6. The molecule has 0 aliphatic carbocycles. The van der Waals surface area contributed by atoms with Gasteiger partial charge in [0.2, 0.25) is 5.82 Å². The molecule has 0 saturated carbocycles. The zero-order valence-electron chi connectivity index (χ0n) is 14.6. The van der Waals surface area contributed by atoms with E-state index in [2.05, 4.69) is 27.4 Å². The molecule has 1 saturated heterocycles. The van der Waals surface area contributed by atoms with Gasteiger partial charge in [0.05, 0.1) is 18.1 Å². The van der Waals surface area contributed by atoms with Crippen LogP contribution in [0.2, 0.25) is 0 Å². The summed E-state index contributed by atoms with van der Waals surface area (Å²) in [6.45, 7) is 6.25. The van der Waals surface area contributed by atoms with Crippen molar-refractivity contribution in [2.24, 2.45) is 7.05 Å². The molecule has 8 nitrogen and oxygen atoms in total. The first kappa shape index (κ1) is 17.4. The van der Waals surface area contributed by atoms with Crippen LogP contribution in [0.4, 0.5) is 17.2 Å². The molecule has 1 N–H and O–H groups in total. The molecule has 1 aromatic heterocycles. The first-order valence-corrected chi connectivity index (χ1v) is 8.38. The number of benzene rings is 1. The smallest absolute Gasteiger partial charge is 0.334 e. The Kier molecular flexibility index (Phi) is 5.30. The number of aryl methyl sites for hydroxylation is 2. The van der Waals surface area contributed by atoms with Crippen molar-refractivity contribution in [3.8, 4) is 0 Å². The first-order valence-electron chi connectivity index (χ1n) is 8.38. The second-order valence-corrected chi connectivity index (χ2v) is 6.19. The Morgan fingerprint density at radius 1 is 1.28 bits per heavy atom. The summed E-state index contributed by atoms with van der Waals surface area (Å²) in [6, 6.07) is 8.00. The van der Waals surface area contributed by atoms with Crippen molar-refractivity contribution < 1.29 is 9.66 Å². The lowest BCUT2D eigenvalue weighted by atomic mass is 10.1. The number of nitrogens with zero attached hydrogens (tertiary/aromatic N) is 4. The highest BCUT2D eigenvalue weighted by atomic mass is 16.6. The van der Waals surface area contributed by atoms with Crippen molar-refractivity contribution in [1.29, 1.82) is 0 Å². The van der Waals surface area contributed by atoms with Crippen molar-refractivity contribution in [2.45, 2.75) is 13.3 Å². The summed E-state index contributed by atoms with van der Waals surface area (Å²) in [7, 11) is 1.69. The van der Waals surface area contributed by atoms with Crippen LogP contribution in [0.15, 0.2) is 24.3 Å². The number of ether oxygens (including phenoxy) is 1. The van der Waals surface area contributed by atoms with E-state index in [9.17, 15) is 10.1 Å². The minimum atomic E-state index is -0.401. The SMILES string of the molecule is Cc1nn(C)c(Nc2ccc(CCN3CCOCC3)cc2)c1[N+](=O)[O-]. The van der Waals surface area contributed by atoms with Crippen LogP contribution in [-0.4, -0.2) is 52.5 Å². The van der Waals surface area contributed by atoms with Crippen molar-refractivity contribution in [3.63, 3.8) is 0 Å². The van der Waals surface area contributed by atoms with Crippen LogP contribution in [0.5, 0.6) is 0 Å². The van der Waals surface area contributed by atoms with Crippen LogP contribution in [0.1, 0.15) is 11.3 Å². The van der Waals surface area contributed by atoms with Crippen LogP contribution < -0.4 is 5.32 Å². The fraction of sp³-hybridized carbons (Fsp3) is 0.471. The third-order valence-corrected chi connectivity index (χ3v) is 4.41. The molecule has 0 atom stereocenters. The summed E-state index contributed by atoms with van der Waals surface area (Å²) in [5, 5.41) is 18.5. The van der Waals surface area contributed by atoms with Gasteiger partial charge in [-0.05, 0) is 31.0 Å². The lowest BCUT2D eigenvalue weighted by molar-refractivity contribution is -0.384. The monoisotopic (exact) mass is 345 g/mol. The summed E-state index contributed by atoms with van der Waals surface area (Å²) in [5.41, 5.74) is 2.46. The van der Waals surface area contributed by atoms with Gasteiger partial charge >= 0.3 is 5.69 Å². The van der Waals surface area contributed by atoms with E-state index in [0.29, 0.717) is 11.5 Å². The number of nitro groups is 1. The Morgan fingerprint density at radius 2 is 1.96 bits per heavy atom. The van der Waals surface area contributed by atoms with Crippen molar-refractivity contribution in [2.75, 3.05) is 38.2 Å². The van der Waals surface area contributed by atoms with Gasteiger partial charge in [-0.2, -0.15) is 5.10 Å². The van der Waals surface area contributed by atoms with Gasteiger partial charge in [0.1, 0.15) is 5.69 Å². The fourth-order valence-electron chi connectivity index (χ4n) is 3.01. The number of nitrogens with one attached hydrogen (secondary N) is 1. The van der Waals surface area contributed by atoms with Gasteiger partial charge in [-0.3, -0.25) is 15.0 Å². The predicted molar refractivity (Wildman–Crippen MR) is 95.3 cm³/mol. The standard InChI is InChI=1S/C17H23N5O3/c1-13-16(22(23)24)17(20(2)19-13)18-15-5-3-14(4-6-15)7-8-21-9-11-25-12-10-21/h3-6,18H,7-12H2,1-2H3. The van der Waals surface area contributed by atoms with E-state index in [-0.39, 0.29) is 5.69 Å². The maximum absolute atomic E-state index is 11.2. The maximum atomic E-state index is 11.2. The Bertz CT molecular complexity index is 735. The third kappa shape index (κ3) is 4.15. The second-order valence-electron chi connectivity index (χ2n) is 6.19. The average Bonchev–Trinajstić information content (AvgIpc) is 2.89. The molecule has 1 aliphatic rings. The highest BCUT2D eigenvalue weighted by molar-refractivity contribution is 5.67. The van der Waals surface area contributed by atoms with E-state index in [4.69, 9.17) is 4.74 Å². The fourth-order valence-corrected chi connectivity index (χ4v) is 3.01. The van der Waals surface area contributed by atoms with E-state index in [1.807, 2.05) is 12.1 Å². The number of rotatable bonds is 6. The summed E-state index contributed by atoms with van der Waals surface area (Å²) in [6.07, 6.45) is 0.977. The Balaban J connectivity index is 1.64. The van der Waals surface area contributed by atoms with Gasteiger partial charge in [0.25, 0.3) is 0 Å². The van der Waals surface area contributed by atoms with E-state index >= 15 is 0 Å². The molecule has 0 radical (unpaired) electrons. The zero-order valence-corrected chi connectivity index (χ0v) is 14.6. The molecule has 0 unspecified atom stereocenters. The van der Waals surface area contributed by atoms with Crippen LogP contribution >= 0.6 is 0 Å². The summed E-state index contributed by atoms with van der Waals surface area (Å²) in [5.74, 6) is 0.392. The van der Waals surface area contributed by atoms with Crippen molar-refractivity contribution in [3.05, 3.63) is 45.6 Å². The van der Waals surface area contributed by atoms with Crippen LogP contribution in [0.25, 0.3) is 0 Å². The van der Waals surface area contributed by atoms with Crippen molar-refractivity contribution >= 4 is 17.2 Å². The zero-order chi connectivity index (χ0) is 17.8. The van der Waals surface area contributed by atoms with E-state index in [1.165, 1.54) is 10.2 Å². The van der Waals surface area contributed by atoms with Gasteiger partial charge in [-0.1, -0.05) is 12.1 Å². The summed E-state index contributed by atoms with van der Waals surface area (Å²) < 4.78 is 6.86. The van der Waals surface area contributed by atoms with E-state index in [1.54, 1.807) is 14.0 Å². The molecular formula is C17H23N5O3. The van der Waals surface area contributed by atoms with Crippen LogP contribution in [0, 0.1) is 17.0 Å². The number of aromatic nitrogens is 2. The Morgan fingerprint density at radius 3 is 2.60 bits per heavy atom. The highest BCUT2D eigenvalue weighted by Crippen LogP contribution is 2.30. The number of hydrogen-bond donors (Lipinski definition) is 1. The lowest BCUT2D eigenvalue weighted by Crippen LogP contribution is -2.37. The number of morpholine rings is 1. The molecule has 2 aromatic rings. The predicted octanol–water partition coefficient (Wildman–Crippen LogP) is 2.26. The lowest BCUT2D eigenvalue weighted by Gasteiger charge is -2.26. The molecule has 1 aromatic carbocycles. The first-order chi connectivity index (χ1) is 12.0. The topological polar surface area (TPSA) is 85.5 Å². The van der Waals surface area contributed by atoms with Crippen LogP contribution in [0.3, 0.4) is 0 Å². The van der Waals surface area contributed by atoms with Crippen LogP contribution in [-0.2, 0) is 18.2 Å². The molecule has 2 heterocycles. The molecule has 1 aliphatic heterocycles. The van der Waals surface area contributed by atoms with Gasteiger partial charge < -0.3 is 10.1 Å². The molecule has 8 heteroatoms. The van der Waals surface area contributed by atoms with Crippen molar-refractivity contribution in [1.82, 2.24) is 14.7 Å². The third-order valence-electron chi connectivity index (χ3n) is 4.41. The van der Waals surface area contributed by atoms with Gasteiger partial charge in [-0.25, -0.2) is 4.68 Å². The molecular weight excluding hydrogens is 322 g/mol. The molecule has 134 valence electrons. The maximum Gasteiger partial charge on any atom is 0.334 e. The molecule has 0 bridgehead atoms. The quantitative estimate of drug-likeness (QED) is 0.638. The van der Waals surface area contributed by atoms with E-state index in [0.717, 1.165) is 45.0 Å². The minimum absolute atomic E-state index is 0.0129. The summed E-state index contributed by atoms with van der Waals surface area (Å²) >= 11 is 0. The molecule has 25 heavy (non-hydrogen) atoms. The van der Waals surface area contributed by atoms with Gasteiger partial charge in [0, 0.05) is 32.4 Å².